The van der Waals surface area contributed by atoms with Gasteiger partial charge in [-0.15, -0.1) is 0 Å². The van der Waals surface area contributed by atoms with Crippen molar-refractivity contribution in [2.24, 2.45) is 11.8 Å². The molecule has 2 fully saturated rings. The Bertz CT molecular complexity index is 582. The number of piperidine rings is 2. The zero-order valence-corrected chi connectivity index (χ0v) is 15.1. The molecule has 0 radical (unpaired) electrons. The topological polar surface area (TPSA) is 52.7 Å². The van der Waals surface area contributed by atoms with Crippen molar-refractivity contribution in [3.8, 4) is 0 Å². The lowest BCUT2D eigenvalue weighted by molar-refractivity contribution is -0.136. The van der Waals surface area contributed by atoms with Crippen molar-refractivity contribution in [2.45, 2.75) is 32.6 Å². The Labute approximate surface area is 150 Å². The van der Waals surface area contributed by atoms with Crippen LogP contribution < -0.4 is 5.32 Å². The molecule has 1 aromatic carbocycles. The van der Waals surface area contributed by atoms with Crippen LogP contribution >= 0.6 is 0 Å². The number of nitrogens with one attached hydrogen (secondary N) is 1. The van der Waals surface area contributed by atoms with E-state index < -0.39 is 0 Å². The van der Waals surface area contributed by atoms with Gasteiger partial charge in [0.1, 0.15) is 0 Å². The maximum absolute atomic E-state index is 12.6. The number of para-hydroxylation sites is 1. The van der Waals surface area contributed by atoms with E-state index in [9.17, 15) is 9.59 Å². The molecule has 2 amide bonds. The second-order valence-electron chi connectivity index (χ2n) is 7.49. The Balaban J connectivity index is 1.50. The van der Waals surface area contributed by atoms with Crippen LogP contribution in [0, 0.1) is 11.8 Å². The largest absolute Gasteiger partial charge is 0.341 e. The van der Waals surface area contributed by atoms with Gasteiger partial charge in [-0.1, -0.05) is 25.1 Å². The molecule has 0 aliphatic carbocycles. The summed E-state index contributed by atoms with van der Waals surface area (Å²) in [6.45, 7) is 6.12. The van der Waals surface area contributed by atoms with E-state index in [1.807, 2.05) is 35.2 Å². The summed E-state index contributed by atoms with van der Waals surface area (Å²) in [5, 5.41) is 2.97. The summed E-state index contributed by atoms with van der Waals surface area (Å²) < 4.78 is 0. The lowest BCUT2D eigenvalue weighted by Crippen LogP contribution is -2.48. The van der Waals surface area contributed by atoms with Crippen LogP contribution in [0.15, 0.2) is 30.3 Å². The van der Waals surface area contributed by atoms with Gasteiger partial charge in [0, 0.05) is 18.8 Å². The average molecular weight is 343 g/mol. The highest BCUT2D eigenvalue weighted by Gasteiger charge is 2.29. The highest BCUT2D eigenvalue weighted by atomic mass is 16.2. The van der Waals surface area contributed by atoms with Crippen LogP contribution in [-0.4, -0.2) is 54.3 Å². The molecule has 1 unspecified atom stereocenters. The van der Waals surface area contributed by atoms with Crippen molar-refractivity contribution >= 4 is 17.5 Å². The molecular weight excluding hydrogens is 314 g/mol. The Morgan fingerprint density at radius 3 is 2.52 bits per heavy atom. The third kappa shape index (κ3) is 5.05. The van der Waals surface area contributed by atoms with Gasteiger partial charge in [0.2, 0.25) is 11.8 Å². The average Bonchev–Trinajstić information content (AvgIpc) is 2.64. The van der Waals surface area contributed by atoms with E-state index in [2.05, 4.69) is 17.1 Å². The SMILES string of the molecule is CC1CCN(CC(=O)N2CCCC(C(=O)Nc3ccccc3)C2)CC1. The van der Waals surface area contributed by atoms with E-state index in [1.54, 1.807) is 0 Å². The molecule has 0 saturated carbocycles. The Morgan fingerprint density at radius 2 is 1.80 bits per heavy atom. The molecule has 136 valence electrons. The summed E-state index contributed by atoms with van der Waals surface area (Å²) in [4.78, 5) is 29.3. The fourth-order valence-corrected chi connectivity index (χ4v) is 3.69. The number of carbonyl (C=O) groups is 2. The molecule has 0 aromatic heterocycles. The molecule has 5 heteroatoms. The number of rotatable bonds is 4. The van der Waals surface area contributed by atoms with E-state index in [-0.39, 0.29) is 17.7 Å². The van der Waals surface area contributed by atoms with Crippen molar-refractivity contribution in [1.29, 1.82) is 0 Å². The summed E-state index contributed by atoms with van der Waals surface area (Å²) in [5.74, 6) is 0.856. The summed E-state index contributed by atoms with van der Waals surface area (Å²) in [6, 6.07) is 9.53. The molecule has 2 aliphatic rings. The van der Waals surface area contributed by atoms with Crippen LogP contribution in [0.25, 0.3) is 0 Å². The first-order valence-corrected chi connectivity index (χ1v) is 9.48. The molecular formula is C20H29N3O2. The highest BCUT2D eigenvalue weighted by molar-refractivity contribution is 5.93. The van der Waals surface area contributed by atoms with Gasteiger partial charge in [-0.3, -0.25) is 14.5 Å². The molecule has 1 aromatic rings. The van der Waals surface area contributed by atoms with Crippen molar-refractivity contribution in [3.63, 3.8) is 0 Å². The fraction of sp³-hybridized carbons (Fsp3) is 0.600. The molecule has 0 spiro atoms. The van der Waals surface area contributed by atoms with Crippen LogP contribution in [0.3, 0.4) is 0 Å². The van der Waals surface area contributed by atoms with Crippen LogP contribution in [-0.2, 0) is 9.59 Å². The van der Waals surface area contributed by atoms with E-state index in [1.165, 1.54) is 12.8 Å². The maximum Gasteiger partial charge on any atom is 0.236 e. The van der Waals surface area contributed by atoms with Crippen LogP contribution in [0.5, 0.6) is 0 Å². The number of likely N-dealkylation sites (tertiary alicyclic amines) is 2. The molecule has 2 saturated heterocycles. The van der Waals surface area contributed by atoms with Crippen LogP contribution in [0.4, 0.5) is 5.69 Å². The first kappa shape index (κ1) is 17.9. The normalized spacial score (nSPS) is 22.6. The molecule has 2 heterocycles. The van der Waals surface area contributed by atoms with Crippen molar-refractivity contribution in [3.05, 3.63) is 30.3 Å². The number of benzene rings is 1. The first-order chi connectivity index (χ1) is 12.1. The molecule has 3 rings (SSSR count). The van der Waals surface area contributed by atoms with Gasteiger partial charge in [0.25, 0.3) is 0 Å². The van der Waals surface area contributed by atoms with Crippen molar-refractivity contribution < 1.29 is 9.59 Å². The minimum absolute atomic E-state index is 0.0236. The van der Waals surface area contributed by atoms with E-state index in [0.29, 0.717) is 13.1 Å². The maximum atomic E-state index is 12.6. The highest BCUT2D eigenvalue weighted by Crippen LogP contribution is 2.20. The van der Waals surface area contributed by atoms with Crippen LogP contribution in [0.1, 0.15) is 32.6 Å². The number of hydrogen-bond donors (Lipinski definition) is 1. The van der Waals surface area contributed by atoms with Gasteiger partial charge >= 0.3 is 0 Å². The minimum Gasteiger partial charge on any atom is -0.341 e. The van der Waals surface area contributed by atoms with E-state index >= 15 is 0 Å². The smallest absolute Gasteiger partial charge is 0.236 e. The molecule has 2 aliphatic heterocycles. The quantitative estimate of drug-likeness (QED) is 0.914. The predicted molar refractivity (Wildman–Crippen MR) is 99.2 cm³/mol. The van der Waals surface area contributed by atoms with Gasteiger partial charge in [0.15, 0.2) is 0 Å². The third-order valence-electron chi connectivity index (χ3n) is 5.42. The number of carbonyl (C=O) groups excluding carboxylic acids is 2. The summed E-state index contributed by atoms with van der Waals surface area (Å²) in [5.41, 5.74) is 0.818. The Kier molecular flexibility index (Phi) is 6.08. The molecule has 25 heavy (non-hydrogen) atoms. The zero-order valence-electron chi connectivity index (χ0n) is 15.1. The molecule has 1 atom stereocenters. The molecule has 0 bridgehead atoms. The predicted octanol–water partition coefficient (Wildman–Crippen LogP) is 2.60. The Morgan fingerprint density at radius 1 is 1.08 bits per heavy atom. The first-order valence-electron chi connectivity index (χ1n) is 9.48. The lowest BCUT2D eigenvalue weighted by Gasteiger charge is -2.35. The molecule has 1 N–H and O–H groups in total. The van der Waals surface area contributed by atoms with Gasteiger partial charge in [-0.25, -0.2) is 0 Å². The zero-order chi connectivity index (χ0) is 17.6. The second-order valence-corrected chi connectivity index (χ2v) is 7.49. The van der Waals surface area contributed by atoms with Gasteiger partial charge in [0.05, 0.1) is 12.5 Å². The van der Waals surface area contributed by atoms with E-state index in [4.69, 9.17) is 0 Å². The van der Waals surface area contributed by atoms with Crippen molar-refractivity contribution in [2.75, 3.05) is 38.0 Å². The summed E-state index contributed by atoms with van der Waals surface area (Å²) in [6.07, 6.45) is 4.10. The monoisotopic (exact) mass is 343 g/mol. The van der Waals surface area contributed by atoms with Crippen molar-refractivity contribution in [1.82, 2.24) is 9.80 Å². The van der Waals surface area contributed by atoms with Crippen LogP contribution in [0.2, 0.25) is 0 Å². The standard InChI is InChI=1S/C20H29N3O2/c1-16-9-12-22(13-10-16)15-19(24)23-11-5-6-17(14-23)20(25)21-18-7-3-2-4-8-18/h2-4,7-8,16-17H,5-6,9-15H2,1H3,(H,21,25). The van der Waals surface area contributed by atoms with Gasteiger partial charge in [-0.05, 0) is 56.8 Å². The summed E-state index contributed by atoms with van der Waals surface area (Å²) in [7, 11) is 0. The number of hydrogen-bond acceptors (Lipinski definition) is 3. The van der Waals surface area contributed by atoms with Gasteiger partial charge in [-0.2, -0.15) is 0 Å². The Hall–Kier alpha value is -1.88. The van der Waals surface area contributed by atoms with E-state index in [0.717, 1.165) is 44.1 Å². The fourth-order valence-electron chi connectivity index (χ4n) is 3.69. The minimum atomic E-state index is -0.112. The number of nitrogens with zero attached hydrogens (tertiary/aromatic N) is 2. The third-order valence-corrected chi connectivity index (χ3v) is 5.42. The van der Waals surface area contributed by atoms with Gasteiger partial charge < -0.3 is 10.2 Å². The molecule has 5 nitrogen and oxygen atoms in total. The second kappa shape index (κ2) is 8.48. The summed E-state index contributed by atoms with van der Waals surface area (Å²) >= 11 is 0. The number of amides is 2. The lowest BCUT2D eigenvalue weighted by atomic mass is 9.96. The number of anilines is 1.